The Balaban J connectivity index is 1.92. The van der Waals surface area contributed by atoms with Gasteiger partial charge >= 0.3 is 0 Å². The number of hydrogen-bond acceptors (Lipinski definition) is 4. The van der Waals surface area contributed by atoms with Gasteiger partial charge in [-0.3, -0.25) is 4.98 Å². The summed E-state index contributed by atoms with van der Waals surface area (Å²) in [6, 6.07) is 0. The molecule has 4 heteroatoms. The molecule has 0 spiro atoms. The predicted molar refractivity (Wildman–Crippen MR) is 83.8 cm³/mol. The normalized spacial score (nSPS) is 18.6. The number of nitrogens with one attached hydrogen (secondary N) is 1. The van der Waals surface area contributed by atoms with Crippen molar-refractivity contribution < 1.29 is 0 Å². The average Bonchev–Trinajstić information content (AvgIpc) is 2.38. The van der Waals surface area contributed by atoms with Crippen LogP contribution in [0.2, 0.25) is 0 Å². The Morgan fingerprint density at radius 3 is 2.60 bits per heavy atom. The van der Waals surface area contributed by atoms with Crippen LogP contribution in [-0.2, 0) is 6.54 Å². The van der Waals surface area contributed by atoms with E-state index in [-0.39, 0.29) is 0 Å². The van der Waals surface area contributed by atoms with Gasteiger partial charge in [0, 0.05) is 25.8 Å². The lowest BCUT2D eigenvalue weighted by Gasteiger charge is -2.37. The fourth-order valence-electron chi connectivity index (χ4n) is 2.46. The molecule has 1 aliphatic rings. The van der Waals surface area contributed by atoms with Gasteiger partial charge in [0.25, 0.3) is 0 Å². The van der Waals surface area contributed by atoms with Crippen LogP contribution in [0, 0.1) is 11.3 Å². The fraction of sp³-hybridized carbons (Fsp3) is 0.750. The molecule has 1 aliphatic heterocycles. The molecule has 2 rings (SSSR count). The van der Waals surface area contributed by atoms with E-state index >= 15 is 0 Å². The van der Waals surface area contributed by atoms with Crippen molar-refractivity contribution in [1.82, 2.24) is 15.3 Å². The van der Waals surface area contributed by atoms with Gasteiger partial charge < -0.3 is 10.2 Å². The number of rotatable bonds is 5. The summed E-state index contributed by atoms with van der Waals surface area (Å²) < 4.78 is 0. The van der Waals surface area contributed by atoms with E-state index < -0.39 is 0 Å². The van der Waals surface area contributed by atoms with Crippen molar-refractivity contribution in [2.45, 2.75) is 47.1 Å². The maximum atomic E-state index is 4.74. The number of piperidine rings is 1. The molecule has 1 fully saturated rings. The fourth-order valence-corrected chi connectivity index (χ4v) is 2.46. The van der Waals surface area contributed by atoms with Crippen molar-refractivity contribution >= 4 is 5.82 Å². The van der Waals surface area contributed by atoms with Gasteiger partial charge in [0.2, 0.25) is 0 Å². The minimum Gasteiger partial charge on any atom is -0.355 e. The van der Waals surface area contributed by atoms with E-state index in [9.17, 15) is 0 Å². The highest BCUT2D eigenvalue weighted by atomic mass is 15.2. The molecule has 1 saturated heterocycles. The first-order valence-electron chi connectivity index (χ1n) is 7.73. The molecule has 20 heavy (non-hydrogen) atoms. The van der Waals surface area contributed by atoms with E-state index in [0.717, 1.165) is 37.7 Å². The molecule has 112 valence electrons. The summed E-state index contributed by atoms with van der Waals surface area (Å²) in [5, 5.41) is 3.42. The summed E-state index contributed by atoms with van der Waals surface area (Å²) in [5.41, 5.74) is 1.51. The van der Waals surface area contributed by atoms with Crippen LogP contribution in [0.5, 0.6) is 0 Å². The molecule has 2 heterocycles. The van der Waals surface area contributed by atoms with Crippen molar-refractivity contribution in [1.29, 1.82) is 0 Å². The first-order chi connectivity index (χ1) is 9.46. The molecule has 0 amide bonds. The third kappa shape index (κ3) is 4.44. The maximum Gasteiger partial charge on any atom is 0.147 e. The maximum absolute atomic E-state index is 4.74. The third-order valence-corrected chi connectivity index (χ3v) is 3.97. The Bertz CT molecular complexity index is 418. The van der Waals surface area contributed by atoms with E-state index in [1.54, 1.807) is 0 Å². The van der Waals surface area contributed by atoms with Crippen molar-refractivity contribution in [3.8, 4) is 0 Å². The smallest absolute Gasteiger partial charge is 0.147 e. The van der Waals surface area contributed by atoms with Crippen LogP contribution in [0.15, 0.2) is 12.4 Å². The van der Waals surface area contributed by atoms with E-state index in [0.29, 0.717) is 11.3 Å². The first-order valence-corrected chi connectivity index (χ1v) is 7.73. The molecule has 0 bridgehead atoms. The van der Waals surface area contributed by atoms with Gasteiger partial charge in [0.1, 0.15) is 5.82 Å². The van der Waals surface area contributed by atoms with E-state index in [1.807, 2.05) is 12.4 Å². The highest BCUT2D eigenvalue weighted by molar-refractivity contribution is 5.37. The van der Waals surface area contributed by atoms with Crippen molar-refractivity contribution in [2.24, 2.45) is 11.3 Å². The summed E-state index contributed by atoms with van der Waals surface area (Å²) in [4.78, 5) is 11.5. The monoisotopic (exact) mass is 276 g/mol. The lowest BCUT2D eigenvalue weighted by molar-refractivity contribution is 0.279. The predicted octanol–water partition coefficient (Wildman–Crippen LogP) is 2.85. The molecular weight excluding hydrogens is 248 g/mol. The van der Waals surface area contributed by atoms with Crippen LogP contribution in [0.3, 0.4) is 0 Å². The molecule has 0 aliphatic carbocycles. The SMILES string of the molecule is CC(C)CNCc1cncc(N2CCC(C)(C)CC2)n1. The van der Waals surface area contributed by atoms with Gasteiger partial charge in [-0.15, -0.1) is 0 Å². The Hall–Kier alpha value is -1.16. The summed E-state index contributed by atoms with van der Waals surface area (Å²) in [7, 11) is 0. The number of hydrogen-bond donors (Lipinski definition) is 1. The highest BCUT2D eigenvalue weighted by Crippen LogP contribution is 2.31. The summed E-state index contributed by atoms with van der Waals surface area (Å²) in [5.74, 6) is 1.69. The van der Waals surface area contributed by atoms with Crippen LogP contribution < -0.4 is 10.2 Å². The Kier molecular flexibility index (Phi) is 4.97. The van der Waals surface area contributed by atoms with Crippen LogP contribution in [0.25, 0.3) is 0 Å². The lowest BCUT2D eigenvalue weighted by atomic mass is 9.83. The minimum atomic E-state index is 0.473. The molecular formula is C16H28N4. The van der Waals surface area contributed by atoms with Gasteiger partial charge in [-0.25, -0.2) is 4.98 Å². The zero-order valence-electron chi connectivity index (χ0n) is 13.3. The molecule has 1 aromatic rings. The van der Waals surface area contributed by atoms with Gasteiger partial charge in [0.15, 0.2) is 0 Å². The minimum absolute atomic E-state index is 0.473. The number of nitrogens with zero attached hydrogens (tertiary/aromatic N) is 3. The van der Waals surface area contributed by atoms with E-state index in [1.165, 1.54) is 12.8 Å². The molecule has 0 aromatic carbocycles. The van der Waals surface area contributed by atoms with Crippen LogP contribution in [0.4, 0.5) is 5.82 Å². The standard InChI is InChI=1S/C16H28N4/c1-13(2)9-17-10-14-11-18-12-15(19-14)20-7-5-16(3,4)6-8-20/h11-13,17H,5-10H2,1-4H3. The molecule has 0 saturated carbocycles. The molecule has 0 radical (unpaired) electrons. The van der Waals surface area contributed by atoms with Crippen molar-refractivity contribution in [2.75, 3.05) is 24.5 Å². The molecule has 0 atom stereocenters. The van der Waals surface area contributed by atoms with Crippen LogP contribution in [0.1, 0.15) is 46.2 Å². The van der Waals surface area contributed by atoms with Gasteiger partial charge in [-0.2, -0.15) is 0 Å². The van der Waals surface area contributed by atoms with Gasteiger partial charge in [0.05, 0.1) is 11.9 Å². The quantitative estimate of drug-likeness (QED) is 0.898. The summed E-state index contributed by atoms with van der Waals surface area (Å²) >= 11 is 0. The van der Waals surface area contributed by atoms with Gasteiger partial charge in [-0.1, -0.05) is 27.7 Å². The molecule has 1 aromatic heterocycles. The Morgan fingerprint density at radius 2 is 1.95 bits per heavy atom. The van der Waals surface area contributed by atoms with E-state index in [4.69, 9.17) is 4.98 Å². The number of anilines is 1. The van der Waals surface area contributed by atoms with Crippen LogP contribution in [-0.4, -0.2) is 29.6 Å². The first kappa shape index (κ1) is 15.2. The topological polar surface area (TPSA) is 41.1 Å². The molecule has 1 N–H and O–H groups in total. The zero-order chi connectivity index (χ0) is 14.6. The third-order valence-electron chi connectivity index (χ3n) is 3.97. The number of aromatic nitrogens is 2. The largest absolute Gasteiger partial charge is 0.355 e. The Morgan fingerprint density at radius 1 is 1.25 bits per heavy atom. The van der Waals surface area contributed by atoms with E-state index in [2.05, 4.69) is 42.9 Å². The second-order valence-electron chi connectivity index (χ2n) is 7.04. The second kappa shape index (κ2) is 6.53. The van der Waals surface area contributed by atoms with Crippen LogP contribution >= 0.6 is 0 Å². The zero-order valence-corrected chi connectivity index (χ0v) is 13.3. The van der Waals surface area contributed by atoms with Crippen molar-refractivity contribution in [3.63, 3.8) is 0 Å². The summed E-state index contributed by atoms with van der Waals surface area (Å²) in [6.07, 6.45) is 6.21. The Labute approximate surface area is 123 Å². The second-order valence-corrected chi connectivity index (χ2v) is 7.04. The molecule has 4 nitrogen and oxygen atoms in total. The highest BCUT2D eigenvalue weighted by Gasteiger charge is 2.26. The summed E-state index contributed by atoms with van der Waals surface area (Å²) in [6.45, 7) is 13.1. The van der Waals surface area contributed by atoms with Crippen molar-refractivity contribution in [3.05, 3.63) is 18.1 Å². The molecule has 0 unspecified atom stereocenters. The lowest BCUT2D eigenvalue weighted by Crippen LogP contribution is -2.38. The van der Waals surface area contributed by atoms with Gasteiger partial charge in [-0.05, 0) is 30.7 Å². The average molecular weight is 276 g/mol.